The van der Waals surface area contributed by atoms with Crippen LogP contribution in [-0.2, 0) is 12.8 Å². The molecule has 4 heterocycles. The molecule has 4 fully saturated rings. The van der Waals surface area contributed by atoms with Gasteiger partial charge in [0.05, 0.1) is 0 Å². The van der Waals surface area contributed by atoms with E-state index >= 15 is 0 Å². The number of rotatable bonds is 8. The summed E-state index contributed by atoms with van der Waals surface area (Å²) in [5.41, 5.74) is 8.61. The third kappa shape index (κ3) is 6.31. The van der Waals surface area contributed by atoms with Gasteiger partial charge in [0.2, 0.25) is 0 Å². The van der Waals surface area contributed by atoms with Gasteiger partial charge in [-0.1, -0.05) is 40.7 Å². The van der Waals surface area contributed by atoms with E-state index in [1.807, 2.05) is 33.8 Å². The molecule has 34 heavy (non-hydrogen) atoms. The van der Waals surface area contributed by atoms with Crippen LogP contribution < -0.4 is 5.73 Å². The van der Waals surface area contributed by atoms with Crippen molar-refractivity contribution in [3.63, 3.8) is 0 Å². The van der Waals surface area contributed by atoms with Crippen LogP contribution in [0, 0.1) is 11.8 Å². The summed E-state index contributed by atoms with van der Waals surface area (Å²) in [6, 6.07) is 0. The zero-order valence-corrected chi connectivity index (χ0v) is 22.7. The molecule has 3 aliphatic heterocycles. The number of hydrogen-bond donors (Lipinski definition) is 2. The van der Waals surface area contributed by atoms with Crippen LogP contribution in [0.3, 0.4) is 0 Å². The Bertz CT molecular complexity index is 734. The molecule has 0 bridgehead atoms. The first-order valence-corrected chi connectivity index (χ1v) is 14.0. The molecule has 3 saturated heterocycles. The lowest BCUT2D eigenvalue weighted by atomic mass is 9.62. The van der Waals surface area contributed by atoms with Crippen LogP contribution in [0.15, 0.2) is 12.7 Å². The minimum absolute atomic E-state index is 0.399. The fourth-order valence-electron chi connectivity index (χ4n) is 6.12. The van der Waals surface area contributed by atoms with Gasteiger partial charge in [-0.15, -0.1) is 6.58 Å². The number of aryl methyl sites for hydroxylation is 1. The zero-order chi connectivity index (χ0) is 25.1. The summed E-state index contributed by atoms with van der Waals surface area (Å²) >= 11 is 0. The highest BCUT2D eigenvalue weighted by molar-refractivity contribution is 5.92. The number of H-pyrrole nitrogens is 1. The molecular formula is C28H51N5O. The standard InChI is InChI=1S/C16H26N4O.C8H13N.2C2H6/c1-3-12(11-20-9-5-6-10-20)7-8-13-14(4-2)18-19-15(13)16(17)21;1-3-8-4-6-9(8)5-2-7(1)8;2*1-2/h3,12H,1,4-11H2,2H3,(H2,17,21)(H,18,19);7H,1-6H2;2*1-2H3. The van der Waals surface area contributed by atoms with Gasteiger partial charge in [-0.2, -0.15) is 5.10 Å². The largest absolute Gasteiger partial charge is 0.364 e. The molecule has 3 unspecified atom stereocenters. The number of nitrogens with zero attached hydrogens (tertiary/aromatic N) is 3. The van der Waals surface area contributed by atoms with Crippen molar-refractivity contribution in [1.29, 1.82) is 0 Å². The van der Waals surface area contributed by atoms with Gasteiger partial charge in [-0.25, -0.2) is 0 Å². The normalized spacial score (nSPS) is 25.5. The molecule has 1 amide bonds. The first-order chi connectivity index (χ1) is 16.6. The van der Waals surface area contributed by atoms with E-state index in [1.165, 1.54) is 64.7 Å². The van der Waals surface area contributed by atoms with Gasteiger partial charge in [-0.3, -0.25) is 14.8 Å². The summed E-state index contributed by atoms with van der Waals surface area (Å²) in [6.45, 7) is 20.3. The van der Waals surface area contributed by atoms with Crippen LogP contribution in [0.4, 0.5) is 0 Å². The van der Waals surface area contributed by atoms with Gasteiger partial charge in [0.15, 0.2) is 5.69 Å². The molecule has 1 aliphatic carbocycles. The lowest BCUT2D eigenvalue weighted by Crippen LogP contribution is -2.63. The Morgan fingerprint density at radius 1 is 1.18 bits per heavy atom. The van der Waals surface area contributed by atoms with Crippen molar-refractivity contribution in [3.05, 3.63) is 29.6 Å². The second-order valence-electron chi connectivity index (χ2n) is 9.65. The lowest BCUT2D eigenvalue weighted by molar-refractivity contribution is -0.0659. The molecule has 3 atom stereocenters. The first-order valence-electron chi connectivity index (χ1n) is 14.0. The zero-order valence-electron chi connectivity index (χ0n) is 22.7. The van der Waals surface area contributed by atoms with E-state index in [2.05, 4.69) is 33.5 Å². The molecule has 1 saturated carbocycles. The maximum Gasteiger partial charge on any atom is 0.269 e. The second-order valence-corrected chi connectivity index (χ2v) is 9.65. The van der Waals surface area contributed by atoms with Crippen LogP contribution in [0.25, 0.3) is 0 Å². The fourth-order valence-corrected chi connectivity index (χ4v) is 6.12. The number of nitrogens with two attached hydrogens (primary N) is 1. The Morgan fingerprint density at radius 2 is 1.88 bits per heavy atom. The average molecular weight is 474 g/mol. The summed E-state index contributed by atoms with van der Waals surface area (Å²) in [7, 11) is 0. The number of carbonyl (C=O) groups excluding carboxylic acids is 1. The van der Waals surface area contributed by atoms with Gasteiger partial charge in [0.25, 0.3) is 5.91 Å². The van der Waals surface area contributed by atoms with Crippen molar-refractivity contribution in [2.45, 2.75) is 97.9 Å². The number of carbonyl (C=O) groups is 1. The Labute approximate surface area is 208 Å². The molecule has 5 rings (SSSR count). The Hall–Kier alpha value is -1.66. The summed E-state index contributed by atoms with van der Waals surface area (Å²) in [4.78, 5) is 16.7. The van der Waals surface area contributed by atoms with Crippen LogP contribution in [0.2, 0.25) is 0 Å². The summed E-state index contributed by atoms with van der Waals surface area (Å²) in [5, 5.41) is 6.99. The van der Waals surface area contributed by atoms with E-state index in [1.54, 1.807) is 0 Å². The van der Waals surface area contributed by atoms with Gasteiger partial charge in [-0.05, 0) is 89.3 Å². The average Bonchev–Trinajstić information content (AvgIpc) is 3.53. The van der Waals surface area contributed by atoms with Gasteiger partial charge < -0.3 is 10.6 Å². The number of hydrogen-bond acceptors (Lipinski definition) is 4. The summed E-state index contributed by atoms with van der Waals surface area (Å²) in [6.07, 6.45) is 13.4. The minimum Gasteiger partial charge on any atom is -0.364 e. The molecule has 194 valence electrons. The van der Waals surface area contributed by atoms with E-state index in [4.69, 9.17) is 5.73 Å². The Morgan fingerprint density at radius 3 is 2.32 bits per heavy atom. The number of nitrogens with one attached hydrogen (secondary N) is 1. The predicted molar refractivity (Wildman–Crippen MR) is 143 cm³/mol. The first kappa shape index (κ1) is 28.6. The van der Waals surface area contributed by atoms with Crippen molar-refractivity contribution in [2.24, 2.45) is 17.6 Å². The lowest BCUT2D eigenvalue weighted by Gasteiger charge is -2.58. The topological polar surface area (TPSA) is 78.2 Å². The van der Waals surface area contributed by atoms with Crippen LogP contribution in [0.1, 0.15) is 101 Å². The second kappa shape index (κ2) is 14.0. The molecule has 4 aliphatic rings. The number of likely N-dealkylation sites (tertiary alicyclic amines) is 1. The highest BCUT2D eigenvalue weighted by Gasteiger charge is 2.59. The van der Waals surface area contributed by atoms with E-state index in [9.17, 15) is 4.79 Å². The monoisotopic (exact) mass is 473 g/mol. The van der Waals surface area contributed by atoms with Crippen LogP contribution in [0.5, 0.6) is 0 Å². The number of aromatic amines is 1. The maximum absolute atomic E-state index is 11.5. The molecule has 3 N–H and O–H groups in total. The van der Waals surface area contributed by atoms with Crippen molar-refractivity contribution in [2.75, 3.05) is 32.7 Å². The Balaban J connectivity index is 0.000000256. The predicted octanol–water partition coefficient (Wildman–Crippen LogP) is 5.20. The van der Waals surface area contributed by atoms with E-state index in [0.29, 0.717) is 11.6 Å². The Kier molecular flexibility index (Phi) is 11.8. The van der Waals surface area contributed by atoms with E-state index < -0.39 is 5.91 Å². The minimum atomic E-state index is -0.448. The quantitative estimate of drug-likeness (QED) is 0.509. The maximum atomic E-state index is 11.5. The van der Waals surface area contributed by atoms with Crippen LogP contribution in [-0.4, -0.2) is 64.2 Å². The number of aromatic nitrogens is 2. The third-order valence-electron chi connectivity index (χ3n) is 8.21. The molecular weight excluding hydrogens is 422 g/mol. The molecule has 1 aromatic rings. The van der Waals surface area contributed by atoms with Gasteiger partial charge in [0, 0.05) is 29.9 Å². The van der Waals surface area contributed by atoms with Crippen LogP contribution >= 0.6 is 0 Å². The highest BCUT2D eigenvalue weighted by atomic mass is 16.1. The van der Waals surface area contributed by atoms with Crippen molar-refractivity contribution < 1.29 is 4.79 Å². The number of amides is 1. The van der Waals surface area contributed by atoms with Crippen molar-refractivity contribution >= 4 is 5.91 Å². The van der Waals surface area contributed by atoms with Crippen molar-refractivity contribution in [1.82, 2.24) is 20.0 Å². The SMILES string of the molecule is C1CN2CCC23CCC13.C=CC(CCc1c(C(N)=O)n[nH]c1CC)CN1CCCC1.CC.CC. The summed E-state index contributed by atoms with van der Waals surface area (Å²) in [5.74, 6) is 1.13. The van der Waals surface area contributed by atoms with Crippen molar-refractivity contribution in [3.8, 4) is 0 Å². The van der Waals surface area contributed by atoms with E-state index in [-0.39, 0.29) is 0 Å². The van der Waals surface area contributed by atoms with Gasteiger partial charge in [0.1, 0.15) is 0 Å². The fraction of sp³-hybridized carbons (Fsp3) is 0.786. The molecule has 6 nitrogen and oxygen atoms in total. The summed E-state index contributed by atoms with van der Waals surface area (Å²) < 4.78 is 0. The highest BCUT2D eigenvalue weighted by Crippen LogP contribution is 2.57. The smallest absolute Gasteiger partial charge is 0.269 e. The third-order valence-corrected chi connectivity index (χ3v) is 8.21. The number of primary amides is 1. The van der Waals surface area contributed by atoms with Gasteiger partial charge >= 0.3 is 0 Å². The molecule has 0 aromatic carbocycles. The molecule has 1 spiro atoms. The molecule has 6 heteroatoms. The van der Waals surface area contributed by atoms with E-state index in [0.717, 1.165) is 48.5 Å². The molecule has 0 radical (unpaired) electrons. The molecule has 1 aromatic heterocycles.